The van der Waals surface area contributed by atoms with Crippen LogP contribution in [0, 0.1) is 10.1 Å². The summed E-state index contributed by atoms with van der Waals surface area (Å²) in [5.74, 6) is 0.682. The van der Waals surface area contributed by atoms with E-state index in [2.05, 4.69) is 47.5 Å². The number of fused-ring (bicyclic) bond motifs is 1. The number of nitrogens with zero attached hydrogens (tertiary/aromatic N) is 3. The Balaban J connectivity index is 2.16. The number of rotatable bonds is 4. The molecule has 3 rings (SSSR count). The number of nitrogens with one attached hydrogen (secondary N) is 2. The summed E-state index contributed by atoms with van der Waals surface area (Å²) in [4.78, 5) is 15.7. The van der Waals surface area contributed by atoms with Crippen LogP contribution in [0.15, 0.2) is 15.0 Å². The summed E-state index contributed by atoms with van der Waals surface area (Å²) in [6, 6.07) is 2.28. The molecule has 0 saturated carbocycles. The number of aromatic nitrogens is 2. The first-order valence-electron chi connectivity index (χ1n) is 7.91. The van der Waals surface area contributed by atoms with Crippen LogP contribution in [0.2, 0.25) is 0 Å². The van der Waals surface area contributed by atoms with E-state index >= 15 is 0 Å². The zero-order valence-corrected chi connectivity index (χ0v) is 16.6. The highest BCUT2D eigenvalue weighted by molar-refractivity contribution is 9.13. The maximum absolute atomic E-state index is 11.5. The predicted molar refractivity (Wildman–Crippen MR) is 102 cm³/mol. The van der Waals surface area contributed by atoms with Gasteiger partial charge in [0.15, 0.2) is 5.52 Å². The van der Waals surface area contributed by atoms with Crippen LogP contribution in [0.4, 0.5) is 11.6 Å². The fourth-order valence-corrected chi connectivity index (χ4v) is 3.96. The van der Waals surface area contributed by atoms with E-state index in [9.17, 15) is 10.1 Å². The Kier molecular flexibility index (Phi) is 5.12. The van der Waals surface area contributed by atoms with Gasteiger partial charge in [0, 0.05) is 23.1 Å². The minimum absolute atomic E-state index is 0.0106. The second-order valence-corrected chi connectivity index (χ2v) is 7.88. The van der Waals surface area contributed by atoms with Crippen LogP contribution < -0.4 is 10.6 Å². The van der Waals surface area contributed by atoms with E-state index in [0.717, 1.165) is 31.4 Å². The highest BCUT2D eigenvalue weighted by Gasteiger charge is 2.27. The minimum atomic E-state index is -0.388. The first kappa shape index (κ1) is 17.6. The molecule has 0 amide bonds. The summed E-state index contributed by atoms with van der Waals surface area (Å²) in [6.45, 7) is 6.00. The first-order chi connectivity index (χ1) is 11.4. The zero-order chi connectivity index (χ0) is 17.4. The number of hydrogen-bond acceptors (Lipinski definition) is 5. The van der Waals surface area contributed by atoms with Crippen molar-refractivity contribution in [2.75, 3.05) is 18.4 Å². The van der Waals surface area contributed by atoms with Gasteiger partial charge in [0.05, 0.1) is 10.4 Å². The number of nitro groups is 1. The molecule has 1 aromatic heterocycles. The minimum Gasteiger partial charge on any atom is -0.352 e. The molecule has 1 aliphatic rings. The van der Waals surface area contributed by atoms with E-state index in [1.165, 1.54) is 0 Å². The van der Waals surface area contributed by atoms with Gasteiger partial charge in [0.25, 0.3) is 0 Å². The molecule has 2 N–H and O–H groups in total. The van der Waals surface area contributed by atoms with Gasteiger partial charge in [-0.25, -0.2) is 4.98 Å². The first-order valence-corrected chi connectivity index (χ1v) is 9.50. The molecule has 1 atom stereocenters. The van der Waals surface area contributed by atoms with E-state index in [4.69, 9.17) is 0 Å². The van der Waals surface area contributed by atoms with Crippen molar-refractivity contribution in [3.05, 3.63) is 25.1 Å². The van der Waals surface area contributed by atoms with E-state index in [1.54, 1.807) is 0 Å². The summed E-state index contributed by atoms with van der Waals surface area (Å²) < 4.78 is 3.09. The number of nitro benzene ring substituents is 1. The van der Waals surface area contributed by atoms with Gasteiger partial charge in [-0.3, -0.25) is 10.1 Å². The Labute approximate surface area is 156 Å². The maximum atomic E-state index is 11.5. The zero-order valence-electron chi connectivity index (χ0n) is 13.5. The lowest BCUT2D eigenvalue weighted by molar-refractivity contribution is -0.384. The maximum Gasteiger partial charge on any atom is 0.312 e. The molecule has 130 valence electrons. The van der Waals surface area contributed by atoms with E-state index < -0.39 is 0 Å². The molecule has 2 aromatic rings. The molecule has 1 fully saturated rings. The van der Waals surface area contributed by atoms with Crippen LogP contribution in [-0.4, -0.2) is 33.6 Å². The SMILES string of the molecule is CC(C)n1c(NC2CCCNC2)nc2c([N+](=O)[O-])c(Br)c(Br)cc21. The monoisotopic (exact) mass is 459 g/mol. The summed E-state index contributed by atoms with van der Waals surface area (Å²) in [6.07, 6.45) is 2.17. The summed E-state index contributed by atoms with van der Waals surface area (Å²) in [5, 5.41) is 18.4. The van der Waals surface area contributed by atoms with Gasteiger partial charge < -0.3 is 15.2 Å². The number of hydrogen-bond donors (Lipinski definition) is 2. The summed E-state index contributed by atoms with van der Waals surface area (Å²) in [5.41, 5.74) is 1.14. The average Bonchev–Trinajstić information content (AvgIpc) is 2.86. The van der Waals surface area contributed by atoms with Gasteiger partial charge in [0.2, 0.25) is 5.95 Å². The average molecular weight is 461 g/mol. The van der Waals surface area contributed by atoms with Crippen molar-refractivity contribution in [2.45, 2.75) is 38.8 Å². The smallest absolute Gasteiger partial charge is 0.312 e. The Bertz CT molecular complexity index is 784. The lowest BCUT2D eigenvalue weighted by Gasteiger charge is -2.25. The van der Waals surface area contributed by atoms with Crippen molar-refractivity contribution >= 4 is 54.5 Å². The molecule has 0 bridgehead atoms. The fourth-order valence-electron chi connectivity index (χ4n) is 3.11. The molecule has 1 aliphatic heterocycles. The predicted octanol–water partition coefficient (Wildman–Crippen LogP) is 4.21. The Hall–Kier alpha value is -1.19. The van der Waals surface area contributed by atoms with E-state index in [-0.39, 0.29) is 22.7 Å². The number of imidazole rings is 1. The number of piperidine rings is 1. The summed E-state index contributed by atoms with van der Waals surface area (Å²) in [7, 11) is 0. The van der Waals surface area contributed by atoms with Crippen LogP contribution in [0.3, 0.4) is 0 Å². The lowest BCUT2D eigenvalue weighted by Crippen LogP contribution is -2.39. The summed E-state index contributed by atoms with van der Waals surface area (Å²) >= 11 is 6.71. The van der Waals surface area contributed by atoms with Crippen LogP contribution in [0.5, 0.6) is 0 Å². The van der Waals surface area contributed by atoms with Crippen LogP contribution in [-0.2, 0) is 0 Å². The van der Waals surface area contributed by atoms with Gasteiger partial charge in [-0.1, -0.05) is 0 Å². The van der Waals surface area contributed by atoms with Crippen molar-refractivity contribution in [2.24, 2.45) is 0 Å². The molecule has 24 heavy (non-hydrogen) atoms. The quantitative estimate of drug-likeness (QED) is 0.527. The second-order valence-electron chi connectivity index (χ2n) is 6.23. The third kappa shape index (κ3) is 3.16. The third-order valence-electron chi connectivity index (χ3n) is 4.18. The van der Waals surface area contributed by atoms with Gasteiger partial charge in [-0.2, -0.15) is 0 Å². The molecule has 1 aromatic carbocycles. The molecule has 0 spiro atoms. The highest BCUT2D eigenvalue weighted by atomic mass is 79.9. The largest absolute Gasteiger partial charge is 0.352 e. The number of anilines is 1. The topological polar surface area (TPSA) is 85.0 Å². The van der Waals surface area contributed by atoms with E-state index in [0.29, 0.717) is 20.4 Å². The molecular formula is C15H19Br2N5O2. The molecule has 7 nitrogen and oxygen atoms in total. The van der Waals surface area contributed by atoms with Gasteiger partial charge in [-0.05, 0) is 71.2 Å². The van der Waals surface area contributed by atoms with Crippen molar-refractivity contribution < 1.29 is 4.92 Å². The highest BCUT2D eigenvalue weighted by Crippen LogP contribution is 2.40. The van der Waals surface area contributed by atoms with Crippen LogP contribution in [0.1, 0.15) is 32.7 Å². The molecule has 2 heterocycles. The van der Waals surface area contributed by atoms with Gasteiger partial charge in [0.1, 0.15) is 4.47 Å². The lowest BCUT2D eigenvalue weighted by atomic mass is 10.1. The van der Waals surface area contributed by atoms with Crippen LogP contribution >= 0.6 is 31.9 Å². The standard InChI is InChI=1S/C15H19Br2N5O2/c1-8(2)21-11-6-10(16)12(17)14(22(23)24)13(11)20-15(21)19-9-4-3-5-18-7-9/h6,8-9,18H,3-5,7H2,1-2H3,(H,19,20). The number of benzene rings is 1. The van der Waals surface area contributed by atoms with Crippen molar-refractivity contribution in [1.82, 2.24) is 14.9 Å². The van der Waals surface area contributed by atoms with Crippen LogP contribution in [0.25, 0.3) is 11.0 Å². The third-order valence-corrected chi connectivity index (χ3v) is 6.14. The normalized spacial score (nSPS) is 18.3. The van der Waals surface area contributed by atoms with Crippen molar-refractivity contribution in [3.8, 4) is 0 Å². The molecule has 0 radical (unpaired) electrons. The fraction of sp³-hybridized carbons (Fsp3) is 0.533. The van der Waals surface area contributed by atoms with Crippen molar-refractivity contribution in [1.29, 1.82) is 0 Å². The van der Waals surface area contributed by atoms with Gasteiger partial charge >= 0.3 is 5.69 Å². The number of halogens is 2. The van der Waals surface area contributed by atoms with E-state index in [1.807, 2.05) is 24.5 Å². The second kappa shape index (κ2) is 6.97. The molecule has 1 saturated heterocycles. The Morgan fingerprint density at radius 1 is 1.50 bits per heavy atom. The Morgan fingerprint density at radius 3 is 2.83 bits per heavy atom. The molecule has 1 unspecified atom stereocenters. The van der Waals surface area contributed by atoms with Gasteiger partial charge in [-0.15, -0.1) is 0 Å². The molecule has 0 aliphatic carbocycles. The van der Waals surface area contributed by atoms with Crippen molar-refractivity contribution in [3.63, 3.8) is 0 Å². The molecular weight excluding hydrogens is 442 g/mol. The molecule has 9 heteroatoms. The Morgan fingerprint density at radius 2 is 2.25 bits per heavy atom.